The average Bonchev–Trinajstić information content (AvgIpc) is 3.17. The van der Waals surface area contributed by atoms with Crippen LogP contribution in [0.5, 0.6) is 0 Å². The fraction of sp³-hybridized carbons (Fsp3) is 0.481. The topological polar surface area (TPSA) is 42.3 Å². The van der Waals surface area contributed by atoms with E-state index in [4.69, 9.17) is 0 Å². The van der Waals surface area contributed by atoms with Gasteiger partial charge in [-0.25, -0.2) is 0 Å². The Labute approximate surface area is 196 Å². The maximum absolute atomic E-state index is 13.0. The lowest BCUT2D eigenvalue weighted by Gasteiger charge is -2.25. The first-order valence-electron chi connectivity index (χ1n) is 11.7. The molecule has 1 saturated carbocycles. The summed E-state index contributed by atoms with van der Waals surface area (Å²) >= 11 is 1.08. The second-order valence-electron chi connectivity index (χ2n) is 10.3. The predicted octanol–water partition coefficient (Wildman–Crippen LogP) is 7.01. The number of aromatic nitrogens is 1. The number of rotatable bonds is 4. The van der Waals surface area contributed by atoms with Crippen molar-refractivity contribution in [3.8, 4) is 5.69 Å². The van der Waals surface area contributed by atoms with Gasteiger partial charge in [0.15, 0.2) is 0 Å². The molecule has 2 aromatic rings. The minimum absolute atomic E-state index is 0.116. The molecule has 0 unspecified atom stereocenters. The lowest BCUT2D eigenvalue weighted by Crippen LogP contribution is -2.34. The maximum Gasteiger partial charge on any atom is 0.293 e. The van der Waals surface area contributed by atoms with E-state index in [0.717, 1.165) is 47.2 Å². The van der Waals surface area contributed by atoms with Gasteiger partial charge in [0.25, 0.3) is 11.1 Å². The fourth-order valence-electron chi connectivity index (χ4n) is 4.87. The van der Waals surface area contributed by atoms with Gasteiger partial charge in [-0.15, -0.1) is 0 Å². The van der Waals surface area contributed by atoms with Crippen molar-refractivity contribution in [2.24, 2.45) is 5.92 Å². The van der Waals surface area contributed by atoms with Gasteiger partial charge in [0.1, 0.15) is 0 Å². The van der Waals surface area contributed by atoms with E-state index in [1.807, 2.05) is 6.08 Å². The van der Waals surface area contributed by atoms with Crippen molar-refractivity contribution >= 4 is 29.0 Å². The molecular weight excluding hydrogens is 416 g/mol. The van der Waals surface area contributed by atoms with E-state index in [2.05, 4.69) is 69.5 Å². The van der Waals surface area contributed by atoms with Gasteiger partial charge in [0.2, 0.25) is 0 Å². The van der Waals surface area contributed by atoms with Crippen LogP contribution in [0.2, 0.25) is 0 Å². The number of carbonyl (C=O) groups is 2. The molecule has 1 aromatic carbocycles. The van der Waals surface area contributed by atoms with E-state index in [0.29, 0.717) is 17.4 Å². The first-order valence-corrected chi connectivity index (χ1v) is 12.5. The first-order chi connectivity index (χ1) is 15.1. The molecule has 4 rings (SSSR count). The van der Waals surface area contributed by atoms with Crippen LogP contribution in [0, 0.1) is 19.8 Å². The van der Waals surface area contributed by atoms with Crippen LogP contribution in [-0.2, 0) is 10.2 Å². The summed E-state index contributed by atoms with van der Waals surface area (Å²) in [5.74, 6) is 0.322. The number of benzene rings is 1. The van der Waals surface area contributed by atoms with Gasteiger partial charge >= 0.3 is 0 Å². The van der Waals surface area contributed by atoms with E-state index in [9.17, 15) is 9.59 Å². The zero-order valence-electron chi connectivity index (χ0n) is 19.9. The number of hydrogen-bond acceptors (Lipinski definition) is 3. The van der Waals surface area contributed by atoms with Crippen LogP contribution in [-0.4, -0.2) is 27.2 Å². The summed E-state index contributed by atoms with van der Waals surface area (Å²) in [5, 5.41) is -0.126. The monoisotopic (exact) mass is 450 g/mol. The van der Waals surface area contributed by atoms with Gasteiger partial charge in [0.05, 0.1) is 4.91 Å². The number of hydrogen-bond donors (Lipinski definition) is 0. The number of carbonyl (C=O) groups excluding carboxylic acids is 2. The molecule has 2 fully saturated rings. The smallest absolute Gasteiger partial charge is 0.293 e. The molecule has 0 atom stereocenters. The van der Waals surface area contributed by atoms with Gasteiger partial charge in [0, 0.05) is 23.6 Å². The third-order valence-corrected chi connectivity index (χ3v) is 7.69. The highest BCUT2D eigenvalue weighted by atomic mass is 32.2. The number of imide groups is 1. The van der Waals surface area contributed by atoms with Gasteiger partial charge in [-0.2, -0.15) is 0 Å². The lowest BCUT2D eigenvalue weighted by atomic mass is 9.87. The quantitative estimate of drug-likeness (QED) is 0.471. The molecule has 2 aliphatic rings. The highest BCUT2D eigenvalue weighted by Gasteiger charge is 2.36. The van der Waals surface area contributed by atoms with Gasteiger partial charge in [-0.1, -0.05) is 52.2 Å². The Bertz CT molecular complexity index is 1050. The molecular formula is C27H34N2O2S. The zero-order chi connectivity index (χ0) is 23.0. The molecule has 1 aromatic heterocycles. The Kier molecular flexibility index (Phi) is 6.39. The van der Waals surface area contributed by atoms with Crippen LogP contribution in [0.25, 0.3) is 11.8 Å². The van der Waals surface area contributed by atoms with E-state index < -0.39 is 0 Å². The zero-order valence-corrected chi connectivity index (χ0v) is 20.7. The van der Waals surface area contributed by atoms with Crippen LogP contribution in [0.15, 0.2) is 35.2 Å². The number of thioether (sulfide) groups is 1. The van der Waals surface area contributed by atoms with Crippen molar-refractivity contribution in [2.45, 2.75) is 72.1 Å². The Balaban J connectivity index is 1.57. The van der Waals surface area contributed by atoms with Gasteiger partial charge < -0.3 is 4.57 Å². The van der Waals surface area contributed by atoms with E-state index in [-0.39, 0.29) is 16.6 Å². The second kappa shape index (κ2) is 8.93. The maximum atomic E-state index is 13.0. The first kappa shape index (κ1) is 22.9. The van der Waals surface area contributed by atoms with Crippen molar-refractivity contribution in [3.05, 3.63) is 57.8 Å². The van der Waals surface area contributed by atoms with Crippen LogP contribution in [0.4, 0.5) is 4.79 Å². The molecule has 1 aliphatic carbocycles. The molecule has 2 amide bonds. The largest absolute Gasteiger partial charge is 0.318 e. The van der Waals surface area contributed by atoms with Crippen molar-refractivity contribution < 1.29 is 9.59 Å². The van der Waals surface area contributed by atoms with E-state index >= 15 is 0 Å². The van der Waals surface area contributed by atoms with Crippen molar-refractivity contribution in [1.82, 2.24) is 9.47 Å². The Hall–Kier alpha value is -2.27. The van der Waals surface area contributed by atoms with Crippen LogP contribution in [0.3, 0.4) is 0 Å². The van der Waals surface area contributed by atoms with Gasteiger partial charge in [-0.05, 0) is 85.2 Å². The van der Waals surface area contributed by atoms with E-state index in [1.165, 1.54) is 29.7 Å². The van der Waals surface area contributed by atoms with Gasteiger partial charge in [-0.3, -0.25) is 14.5 Å². The van der Waals surface area contributed by atoms with Crippen molar-refractivity contribution in [2.75, 3.05) is 6.54 Å². The molecule has 170 valence electrons. The SMILES string of the molecule is Cc1cc(/C=C2/SC(=O)N(CC3CCCCC3)C2=O)c(C)n1-c1ccc(C(C)(C)C)cc1. The third kappa shape index (κ3) is 4.59. The average molecular weight is 451 g/mol. The standard InChI is InChI=1S/C27H34N2O2S/c1-18-15-21(19(2)29(18)23-13-11-22(12-14-23)27(3,4)5)16-24-25(30)28(26(31)32-24)17-20-9-7-6-8-10-20/h11-16,20H,6-10,17H2,1-5H3/b24-16+. The number of aryl methyl sites for hydroxylation is 1. The molecule has 4 nitrogen and oxygen atoms in total. The van der Waals surface area contributed by atoms with Crippen molar-refractivity contribution in [3.63, 3.8) is 0 Å². The van der Waals surface area contributed by atoms with Crippen LogP contribution < -0.4 is 0 Å². The lowest BCUT2D eigenvalue weighted by molar-refractivity contribution is -0.123. The summed E-state index contributed by atoms with van der Waals surface area (Å²) < 4.78 is 2.21. The molecule has 0 bridgehead atoms. The number of nitrogens with zero attached hydrogens (tertiary/aromatic N) is 2. The Morgan fingerprint density at radius 1 is 1.03 bits per heavy atom. The van der Waals surface area contributed by atoms with E-state index in [1.54, 1.807) is 0 Å². The summed E-state index contributed by atoms with van der Waals surface area (Å²) in [6, 6.07) is 10.8. The summed E-state index contributed by atoms with van der Waals surface area (Å²) in [6.45, 7) is 11.4. The normalized spacial score (nSPS) is 19.4. The molecule has 2 heterocycles. The Morgan fingerprint density at radius 3 is 2.31 bits per heavy atom. The Morgan fingerprint density at radius 2 is 1.69 bits per heavy atom. The summed E-state index contributed by atoms with van der Waals surface area (Å²) in [6.07, 6.45) is 7.83. The number of amides is 2. The molecule has 1 aliphatic heterocycles. The summed E-state index contributed by atoms with van der Waals surface area (Å²) in [4.78, 5) is 27.6. The van der Waals surface area contributed by atoms with Crippen LogP contribution >= 0.6 is 11.8 Å². The molecule has 0 spiro atoms. The predicted molar refractivity (Wildman–Crippen MR) is 133 cm³/mol. The summed E-state index contributed by atoms with van der Waals surface area (Å²) in [5.41, 5.74) is 5.70. The third-order valence-electron chi connectivity index (χ3n) is 6.79. The summed E-state index contributed by atoms with van der Waals surface area (Å²) in [7, 11) is 0. The molecule has 5 heteroatoms. The highest BCUT2D eigenvalue weighted by Crippen LogP contribution is 2.36. The van der Waals surface area contributed by atoms with Crippen molar-refractivity contribution in [1.29, 1.82) is 0 Å². The minimum Gasteiger partial charge on any atom is -0.318 e. The minimum atomic E-state index is -0.134. The van der Waals surface area contributed by atoms with Crippen LogP contribution in [0.1, 0.15) is 75.4 Å². The highest BCUT2D eigenvalue weighted by molar-refractivity contribution is 8.18. The second-order valence-corrected chi connectivity index (χ2v) is 11.2. The molecule has 1 saturated heterocycles. The fourth-order valence-corrected chi connectivity index (χ4v) is 5.71. The molecule has 0 N–H and O–H groups in total. The molecule has 0 radical (unpaired) electrons. The molecule has 32 heavy (non-hydrogen) atoms.